The van der Waals surface area contributed by atoms with Crippen LogP contribution in [0.25, 0.3) is 88.7 Å². The third-order valence-electron chi connectivity index (χ3n) is 17.2. The molecule has 1 heterocycles. The lowest BCUT2D eigenvalue weighted by Gasteiger charge is -2.30. The molecule has 0 aliphatic carbocycles. The molecule has 0 aliphatic heterocycles. The van der Waals surface area contributed by atoms with E-state index in [1.807, 2.05) is 0 Å². The Morgan fingerprint density at radius 1 is 0.189 bits per heavy atom. The SMILES string of the molecule is Cc1ccc(N(c2ccc(C)cc2)c2cccc(-c3cccc4c3oc3c(-c5cc(N(c6ccc(-c7ccccc7)cc6)c6ccc(-c7ccccc7)cc6)cc(N(c6ccc(-c7ccccc7)cc6)c6ccc(-c7ccccc7)cc6)c5)cccc34)c2)cc1. The predicted octanol–water partition coefficient (Wildman–Crippen LogP) is 24.6. The van der Waals surface area contributed by atoms with E-state index in [0.29, 0.717) is 0 Å². The van der Waals surface area contributed by atoms with E-state index >= 15 is 0 Å². The molecule has 0 saturated heterocycles. The zero-order valence-electron chi connectivity index (χ0n) is 50.2. The summed E-state index contributed by atoms with van der Waals surface area (Å²) in [5, 5.41) is 2.10. The number of furan rings is 1. The van der Waals surface area contributed by atoms with Crippen molar-refractivity contribution in [3.63, 3.8) is 0 Å². The molecule has 0 N–H and O–H groups in total. The van der Waals surface area contributed by atoms with Gasteiger partial charge in [0.2, 0.25) is 0 Å². The van der Waals surface area contributed by atoms with Crippen LogP contribution in [-0.2, 0) is 0 Å². The molecule has 0 atom stereocenters. The molecule has 1 aromatic heterocycles. The van der Waals surface area contributed by atoms with Crippen LogP contribution in [0.3, 0.4) is 0 Å². The van der Waals surface area contributed by atoms with Crippen molar-refractivity contribution >= 4 is 73.1 Å². The third kappa shape index (κ3) is 11.0. The van der Waals surface area contributed by atoms with E-state index in [0.717, 1.165) is 118 Å². The molecule has 4 heteroatoms. The number of hydrogen-bond acceptors (Lipinski definition) is 4. The van der Waals surface area contributed by atoms with Crippen LogP contribution in [0, 0.1) is 13.8 Å². The molecule has 0 radical (unpaired) electrons. The van der Waals surface area contributed by atoms with E-state index in [-0.39, 0.29) is 0 Å². The highest BCUT2D eigenvalue weighted by Gasteiger charge is 2.24. The molecule has 0 bridgehead atoms. The highest BCUT2D eigenvalue weighted by atomic mass is 16.3. The largest absolute Gasteiger partial charge is 0.455 e. The minimum Gasteiger partial charge on any atom is -0.455 e. The minimum absolute atomic E-state index is 0.817. The van der Waals surface area contributed by atoms with Gasteiger partial charge in [0.05, 0.1) is 0 Å². The second-order valence-electron chi connectivity index (χ2n) is 23.1. The van der Waals surface area contributed by atoms with Gasteiger partial charge in [0.1, 0.15) is 11.2 Å². The van der Waals surface area contributed by atoms with E-state index in [1.165, 1.54) is 33.4 Å². The lowest BCUT2D eigenvalue weighted by Crippen LogP contribution is -2.13. The van der Waals surface area contributed by atoms with Crippen molar-refractivity contribution in [1.29, 1.82) is 0 Å². The molecule has 0 fully saturated rings. The number of aryl methyl sites for hydroxylation is 2. The highest BCUT2D eigenvalue weighted by Crippen LogP contribution is 2.48. The van der Waals surface area contributed by atoms with Crippen molar-refractivity contribution < 1.29 is 4.42 Å². The smallest absolute Gasteiger partial charge is 0.143 e. The molecular weight excluding hydrogens is 1090 g/mol. The Hall–Kier alpha value is -11.7. The number of hydrogen-bond donors (Lipinski definition) is 0. The van der Waals surface area contributed by atoms with Crippen molar-refractivity contribution in [2.24, 2.45) is 0 Å². The quantitative estimate of drug-likeness (QED) is 0.102. The standard InChI is InChI=1S/C86H63N3O/c1-60-32-44-72(45-33-60)87(73-46-34-61(2)35-47-73)78-27-15-26-70(56-78)81-28-16-30-83-84-31-17-29-82(86(84)90-85(81)83)71-57-79(88(74-48-36-66(37-49-74)62-18-7-3-8-19-62)75-50-38-67(39-51-75)63-20-9-4-10-21-63)59-80(58-71)89(76-52-40-68(41-53-76)64-22-11-5-12-23-64)77-54-42-69(43-55-77)65-24-13-6-14-25-65/h3-59H,1-2H3. The van der Waals surface area contributed by atoms with E-state index in [2.05, 4.69) is 374 Å². The Labute approximate surface area is 526 Å². The summed E-state index contributed by atoms with van der Waals surface area (Å²) in [6.45, 7) is 4.27. The van der Waals surface area contributed by atoms with Crippen LogP contribution in [0.5, 0.6) is 0 Å². The van der Waals surface area contributed by atoms with Gasteiger partial charge in [-0.2, -0.15) is 0 Å². The lowest BCUT2D eigenvalue weighted by atomic mass is 9.98. The van der Waals surface area contributed by atoms with Crippen LogP contribution in [-0.4, -0.2) is 0 Å². The van der Waals surface area contributed by atoms with Gasteiger partial charge in [0.25, 0.3) is 0 Å². The lowest BCUT2D eigenvalue weighted by molar-refractivity contribution is 0.671. The third-order valence-corrected chi connectivity index (χ3v) is 17.2. The molecule has 15 rings (SSSR count). The maximum atomic E-state index is 7.44. The number of fused-ring (bicyclic) bond motifs is 3. The van der Waals surface area contributed by atoms with Gasteiger partial charge in [0, 0.05) is 73.1 Å². The van der Waals surface area contributed by atoms with Gasteiger partial charge in [-0.05, 0) is 173 Å². The molecule has 428 valence electrons. The molecule has 0 spiro atoms. The summed E-state index contributed by atoms with van der Waals surface area (Å²) in [5.41, 5.74) is 26.7. The van der Waals surface area contributed by atoms with Crippen molar-refractivity contribution in [3.8, 4) is 66.8 Å². The number of benzene rings is 14. The first-order valence-corrected chi connectivity index (χ1v) is 30.8. The molecule has 15 aromatic rings. The topological polar surface area (TPSA) is 22.9 Å². The van der Waals surface area contributed by atoms with Crippen LogP contribution in [0.15, 0.2) is 350 Å². The van der Waals surface area contributed by atoms with Gasteiger partial charge < -0.3 is 19.1 Å². The fraction of sp³-hybridized carbons (Fsp3) is 0.0233. The normalized spacial score (nSPS) is 11.2. The minimum atomic E-state index is 0.817. The highest BCUT2D eigenvalue weighted by molar-refractivity contribution is 6.13. The predicted molar refractivity (Wildman–Crippen MR) is 380 cm³/mol. The first kappa shape index (κ1) is 54.9. The Kier molecular flexibility index (Phi) is 14.8. The van der Waals surface area contributed by atoms with Gasteiger partial charge in [-0.25, -0.2) is 0 Å². The zero-order chi connectivity index (χ0) is 60.3. The monoisotopic (exact) mass is 1150 g/mol. The van der Waals surface area contributed by atoms with Crippen LogP contribution >= 0.6 is 0 Å². The fourth-order valence-electron chi connectivity index (χ4n) is 12.6. The first-order chi connectivity index (χ1) is 44.4. The van der Waals surface area contributed by atoms with Crippen LogP contribution < -0.4 is 14.7 Å². The van der Waals surface area contributed by atoms with Gasteiger partial charge in [-0.15, -0.1) is 0 Å². The average Bonchev–Trinajstić information content (AvgIpc) is 1.58. The van der Waals surface area contributed by atoms with E-state index in [4.69, 9.17) is 4.42 Å². The van der Waals surface area contributed by atoms with Crippen molar-refractivity contribution in [2.45, 2.75) is 13.8 Å². The summed E-state index contributed by atoms with van der Waals surface area (Å²) in [7, 11) is 0. The van der Waals surface area contributed by atoms with Crippen molar-refractivity contribution in [1.82, 2.24) is 0 Å². The van der Waals surface area contributed by atoms with E-state index < -0.39 is 0 Å². The molecule has 0 unspecified atom stereocenters. The summed E-state index contributed by atoms with van der Waals surface area (Å²) in [6.07, 6.45) is 0. The number of para-hydroxylation sites is 2. The second-order valence-corrected chi connectivity index (χ2v) is 23.1. The molecule has 90 heavy (non-hydrogen) atoms. The van der Waals surface area contributed by atoms with Gasteiger partial charge in [-0.3, -0.25) is 0 Å². The fourth-order valence-corrected chi connectivity index (χ4v) is 12.6. The number of anilines is 9. The molecule has 0 saturated carbocycles. The van der Waals surface area contributed by atoms with Gasteiger partial charge in [0.15, 0.2) is 0 Å². The Bertz CT molecular complexity index is 4550. The molecular formula is C86H63N3O. The molecule has 14 aromatic carbocycles. The molecule has 0 amide bonds. The molecule has 4 nitrogen and oxygen atoms in total. The summed E-state index contributed by atoms with van der Waals surface area (Å²) < 4.78 is 7.44. The average molecular weight is 1150 g/mol. The van der Waals surface area contributed by atoms with Crippen molar-refractivity contribution in [3.05, 3.63) is 357 Å². The zero-order valence-corrected chi connectivity index (χ0v) is 50.2. The molecule has 0 aliphatic rings. The van der Waals surface area contributed by atoms with E-state index in [9.17, 15) is 0 Å². The van der Waals surface area contributed by atoms with Crippen LogP contribution in [0.4, 0.5) is 51.2 Å². The summed E-state index contributed by atoms with van der Waals surface area (Å²) in [5.74, 6) is 0. The van der Waals surface area contributed by atoms with Crippen LogP contribution in [0.1, 0.15) is 11.1 Å². The Morgan fingerprint density at radius 2 is 0.456 bits per heavy atom. The maximum Gasteiger partial charge on any atom is 0.143 e. The number of nitrogens with zero attached hydrogens (tertiary/aromatic N) is 3. The first-order valence-electron chi connectivity index (χ1n) is 30.8. The summed E-state index contributed by atoms with van der Waals surface area (Å²) in [6, 6.07) is 125. The summed E-state index contributed by atoms with van der Waals surface area (Å²) in [4.78, 5) is 7.12. The Balaban J connectivity index is 0.934. The van der Waals surface area contributed by atoms with E-state index in [1.54, 1.807) is 0 Å². The van der Waals surface area contributed by atoms with Crippen LogP contribution in [0.2, 0.25) is 0 Å². The maximum absolute atomic E-state index is 7.44. The van der Waals surface area contributed by atoms with Crippen molar-refractivity contribution in [2.75, 3.05) is 14.7 Å². The Morgan fingerprint density at radius 3 is 0.800 bits per heavy atom. The summed E-state index contributed by atoms with van der Waals surface area (Å²) >= 11 is 0. The number of rotatable bonds is 15. The second kappa shape index (κ2) is 24.2. The van der Waals surface area contributed by atoms with Gasteiger partial charge >= 0.3 is 0 Å². The van der Waals surface area contributed by atoms with Gasteiger partial charge in [-0.1, -0.05) is 254 Å².